The van der Waals surface area contributed by atoms with Crippen molar-refractivity contribution in [2.45, 2.75) is 51.9 Å². The van der Waals surface area contributed by atoms with Crippen LogP contribution in [0, 0.1) is 0 Å². The summed E-state index contributed by atoms with van der Waals surface area (Å²) < 4.78 is 16.3. The fourth-order valence-electron chi connectivity index (χ4n) is 2.28. The van der Waals surface area contributed by atoms with Crippen LogP contribution in [0.1, 0.15) is 38.7 Å². The lowest BCUT2D eigenvalue weighted by molar-refractivity contribution is 0.0590. The number of hydrogen-bond acceptors (Lipinski definition) is 5. The number of nitrogens with one attached hydrogen (secondary N) is 1. The van der Waals surface area contributed by atoms with E-state index in [9.17, 15) is 5.11 Å². The average molecular weight is 339 g/mol. The van der Waals surface area contributed by atoms with Crippen LogP contribution in [0.3, 0.4) is 0 Å². The molecule has 5 nitrogen and oxygen atoms in total. The Balaban J connectivity index is 2.32. The van der Waals surface area contributed by atoms with E-state index in [-0.39, 0.29) is 6.61 Å². The van der Waals surface area contributed by atoms with Gasteiger partial charge in [-0.1, -0.05) is 38.0 Å². The average Bonchev–Trinajstić information content (AvgIpc) is 2.60. The number of benzene rings is 1. The number of aliphatic hydroxyl groups excluding tert-OH is 1. The maximum Gasteiger partial charge on any atom is 0.124 e. The second-order valence-electron chi connectivity index (χ2n) is 6.07. The number of ether oxygens (including phenoxy) is 3. The first kappa shape index (κ1) is 20.9. The molecule has 0 spiro atoms. The number of hydrogen-bond donors (Lipinski definition) is 2. The fraction of sp³-hybridized carbons (Fsp3) is 0.684. The monoisotopic (exact) mass is 339 g/mol. The summed E-state index contributed by atoms with van der Waals surface area (Å²) >= 11 is 0. The van der Waals surface area contributed by atoms with Crippen LogP contribution >= 0.6 is 0 Å². The molecule has 0 aliphatic rings. The second-order valence-corrected chi connectivity index (χ2v) is 6.07. The molecule has 0 aromatic heterocycles. The van der Waals surface area contributed by atoms with Crippen molar-refractivity contribution in [1.82, 2.24) is 5.32 Å². The summed E-state index contributed by atoms with van der Waals surface area (Å²) in [5, 5.41) is 13.4. The van der Waals surface area contributed by atoms with E-state index in [4.69, 9.17) is 14.2 Å². The summed E-state index contributed by atoms with van der Waals surface area (Å²) in [6, 6.07) is 8.17. The third kappa shape index (κ3) is 9.23. The van der Waals surface area contributed by atoms with Crippen molar-refractivity contribution in [3.05, 3.63) is 29.8 Å². The Morgan fingerprint density at radius 2 is 2.00 bits per heavy atom. The maximum atomic E-state index is 10.1. The van der Waals surface area contributed by atoms with E-state index in [0.717, 1.165) is 17.7 Å². The molecule has 2 N–H and O–H groups in total. The molecule has 0 aliphatic heterocycles. The van der Waals surface area contributed by atoms with Gasteiger partial charge >= 0.3 is 0 Å². The Bertz CT molecular complexity index is 428. The number of methoxy groups -OCH3 is 1. The van der Waals surface area contributed by atoms with Crippen LogP contribution < -0.4 is 10.1 Å². The lowest BCUT2D eigenvalue weighted by atomic mass is 10.1. The van der Waals surface area contributed by atoms with Crippen molar-refractivity contribution in [2.24, 2.45) is 0 Å². The molecule has 1 aromatic rings. The normalized spacial score (nSPS) is 13.7. The minimum Gasteiger partial charge on any atom is -0.490 e. The van der Waals surface area contributed by atoms with E-state index in [1.807, 2.05) is 24.3 Å². The molecule has 5 heteroatoms. The van der Waals surface area contributed by atoms with E-state index in [0.29, 0.717) is 32.4 Å². The molecule has 0 bridgehead atoms. The van der Waals surface area contributed by atoms with Gasteiger partial charge in [-0.15, -0.1) is 0 Å². The SMILES string of the molecule is CCCCC(C)NCC(O)COc1ccccc1COCCOC. The quantitative estimate of drug-likeness (QED) is 0.510. The highest BCUT2D eigenvalue weighted by molar-refractivity contribution is 5.32. The van der Waals surface area contributed by atoms with Gasteiger partial charge in [-0.05, 0) is 19.4 Å². The van der Waals surface area contributed by atoms with Crippen LogP contribution in [0.15, 0.2) is 24.3 Å². The molecular weight excluding hydrogens is 306 g/mol. The Hall–Kier alpha value is -1.14. The lowest BCUT2D eigenvalue weighted by Crippen LogP contribution is -2.36. The molecule has 2 unspecified atom stereocenters. The first-order valence-electron chi connectivity index (χ1n) is 8.86. The van der Waals surface area contributed by atoms with Crippen molar-refractivity contribution in [1.29, 1.82) is 0 Å². The molecule has 0 fully saturated rings. The molecule has 0 heterocycles. The van der Waals surface area contributed by atoms with Gasteiger partial charge in [-0.25, -0.2) is 0 Å². The van der Waals surface area contributed by atoms with E-state index in [1.54, 1.807) is 7.11 Å². The number of rotatable bonds is 14. The van der Waals surface area contributed by atoms with Crippen molar-refractivity contribution in [2.75, 3.05) is 33.5 Å². The standard InChI is InChI=1S/C19H33NO4/c1-4-5-8-16(2)20-13-18(21)15-24-19-10-7-6-9-17(19)14-23-12-11-22-3/h6-7,9-10,16,18,20-21H,4-5,8,11-15H2,1-3H3. The fourth-order valence-corrected chi connectivity index (χ4v) is 2.28. The van der Waals surface area contributed by atoms with Crippen LogP contribution in [-0.4, -0.2) is 50.7 Å². The number of aliphatic hydroxyl groups is 1. The highest BCUT2D eigenvalue weighted by atomic mass is 16.5. The molecule has 0 saturated carbocycles. The predicted molar refractivity (Wildman–Crippen MR) is 96.5 cm³/mol. The molecule has 24 heavy (non-hydrogen) atoms. The zero-order chi connectivity index (χ0) is 17.6. The summed E-state index contributed by atoms with van der Waals surface area (Å²) in [6.07, 6.45) is 3.00. The van der Waals surface area contributed by atoms with Gasteiger partial charge in [0.15, 0.2) is 0 Å². The molecule has 0 saturated heterocycles. The van der Waals surface area contributed by atoms with Gasteiger partial charge in [-0.3, -0.25) is 0 Å². The largest absolute Gasteiger partial charge is 0.490 e. The smallest absolute Gasteiger partial charge is 0.124 e. The zero-order valence-corrected chi connectivity index (χ0v) is 15.3. The lowest BCUT2D eigenvalue weighted by Gasteiger charge is -2.18. The first-order chi connectivity index (χ1) is 11.7. The van der Waals surface area contributed by atoms with Gasteiger partial charge in [0.1, 0.15) is 18.5 Å². The Kier molecular flexibility index (Phi) is 11.5. The van der Waals surface area contributed by atoms with Gasteiger partial charge < -0.3 is 24.6 Å². The van der Waals surface area contributed by atoms with E-state index >= 15 is 0 Å². The minimum atomic E-state index is -0.531. The van der Waals surface area contributed by atoms with E-state index < -0.39 is 6.10 Å². The minimum absolute atomic E-state index is 0.266. The summed E-state index contributed by atoms with van der Waals surface area (Å²) in [7, 11) is 1.65. The van der Waals surface area contributed by atoms with Gasteiger partial charge in [0.25, 0.3) is 0 Å². The van der Waals surface area contributed by atoms with Gasteiger partial charge in [0, 0.05) is 25.3 Å². The Morgan fingerprint density at radius 1 is 1.21 bits per heavy atom. The number of para-hydroxylation sites is 1. The predicted octanol–water partition coefficient (Wildman–Crippen LogP) is 2.76. The third-order valence-corrected chi connectivity index (χ3v) is 3.79. The molecule has 2 atom stereocenters. The molecule has 1 rings (SSSR count). The van der Waals surface area contributed by atoms with Crippen LogP contribution in [0.2, 0.25) is 0 Å². The molecule has 1 aromatic carbocycles. The van der Waals surface area contributed by atoms with Crippen molar-refractivity contribution < 1.29 is 19.3 Å². The van der Waals surface area contributed by atoms with E-state index in [2.05, 4.69) is 19.2 Å². The highest BCUT2D eigenvalue weighted by Crippen LogP contribution is 2.19. The van der Waals surface area contributed by atoms with E-state index in [1.165, 1.54) is 12.8 Å². The topological polar surface area (TPSA) is 60.0 Å². The van der Waals surface area contributed by atoms with Crippen LogP contribution in [-0.2, 0) is 16.1 Å². The highest BCUT2D eigenvalue weighted by Gasteiger charge is 2.10. The first-order valence-corrected chi connectivity index (χ1v) is 8.86. The summed E-state index contributed by atoms with van der Waals surface area (Å²) in [6.45, 7) is 6.74. The van der Waals surface area contributed by atoms with Crippen molar-refractivity contribution in [3.63, 3.8) is 0 Å². The maximum absolute atomic E-state index is 10.1. The molecule has 0 radical (unpaired) electrons. The third-order valence-electron chi connectivity index (χ3n) is 3.79. The molecule has 0 amide bonds. The molecule has 0 aliphatic carbocycles. The molecular formula is C19H33NO4. The van der Waals surface area contributed by atoms with Gasteiger partial charge in [0.05, 0.1) is 19.8 Å². The zero-order valence-electron chi connectivity index (χ0n) is 15.3. The molecule has 138 valence electrons. The van der Waals surface area contributed by atoms with Crippen LogP contribution in [0.25, 0.3) is 0 Å². The van der Waals surface area contributed by atoms with Crippen molar-refractivity contribution in [3.8, 4) is 5.75 Å². The summed E-state index contributed by atoms with van der Waals surface area (Å²) in [5.41, 5.74) is 0.977. The Labute approximate surface area is 146 Å². The summed E-state index contributed by atoms with van der Waals surface area (Å²) in [5.74, 6) is 0.757. The second kappa shape index (κ2) is 13.2. The van der Waals surface area contributed by atoms with Crippen LogP contribution in [0.4, 0.5) is 0 Å². The van der Waals surface area contributed by atoms with Crippen molar-refractivity contribution >= 4 is 0 Å². The number of unbranched alkanes of at least 4 members (excludes halogenated alkanes) is 1. The summed E-state index contributed by atoms with van der Waals surface area (Å²) in [4.78, 5) is 0. The Morgan fingerprint density at radius 3 is 2.75 bits per heavy atom. The van der Waals surface area contributed by atoms with Gasteiger partial charge in [-0.2, -0.15) is 0 Å². The van der Waals surface area contributed by atoms with Crippen LogP contribution in [0.5, 0.6) is 5.75 Å². The van der Waals surface area contributed by atoms with Gasteiger partial charge in [0.2, 0.25) is 0 Å².